The molecular weight excluding hydrogens is 422 g/mol. The molecule has 0 saturated heterocycles. The Hall–Kier alpha value is -3.22. The van der Waals surface area contributed by atoms with Gasteiger partial charge in [-0.15, -0.1) is 0 Å². The molecule has 1 N–H and O–H groups in total. The first-order valence-electron chi connectivity index (χ1n) is 11.5. The van der Waals surface area contributed by atoms with E-state index in [1.165, 1.54) is 18.8 Å². The van der Waals surface area contributed by atoms with Crippen molar-refractivity contribution in [2.45, 2.75) is 51.4 Å². The highest BCUT2D eigenvalue weighted by atomic mass is 19.1. The third kappa shape index (κ3) is 4.12. The van der Waals surface area contributed by atoms with Crippen molar-refractivity contribution in [3.8, 4) is 11.1 Å². The molecule has 0 spiro atoms. The standard InChI is InChI=1S/C26H26F2N4O/c1-14(2)25-30-12-17(13-31-25)26(33)32-24-19(21-11-18(27)5-6-22(21)28)7-8-29-23(24)20-10-15-3-4-16(20)9-15/h5-8,11-16,20H,3-4,9-10H2,1-2H3,(H,32,33). The molecule has 1 aromatic carbocycles. The number of rotatable bonds is 5. The number of carbonyl (C=O) groups is 1. The molecule has 2 aliphatic rings. The lowest BCUT2D eigenvalue weighted by molar-refractivity contribution is 0.102. The summed E-state index contributed by atoms with van der Waals surface area (Å²) < 4.78 is 28.8. The third-order valence-electron chi connectivity index (χ3n) is 6.98. The van der Waals surface area contributed by atoms with E-state index in [1.54, 1.807) is 12.3 Å². The van der Waals surface area contributed by atoms with Crippen LogP contribution in [0, 0.1) is 23.5 Å². The smallest absolute Gasteiger partial charge is 0.258 e. The highest BCUT2D eigenvalue weighted by Gasteiger charge is 2.42. The maximum absolute atomic E-state index is 14.8. The van der Waals surface area contributed by atoms with Gasteiger partial charge >= 0.3 is 0 Å². The molecule has 170 valence electrons. The van der Waals surface area contributed by atoms with Gasteiger partial charge in [0.05, 0.1) is 16.9 Å². The van der Waals surface area contributed by atoms with Gasteiger partial charge in [0.25, 0.3) is 5.91 Å². The summed E-state index contributed by atoms with van der Waals surface area (Å²) in [6.45, 7) is 3.96. The predicted octanol–water partition coefficient (Wildman–Crippen LogP) is 6.10. The van der Waals surface area contributed by atoms with Crippen molar-refractivity contribution in [3.05, 3.63) is 71.6 Å². The minimum Gasteiger partial charge on any atom is -0.320 e. The lowest BCUT2D eigenvalue weighted by Crippen LogP contribution is -2.19. The molecule has 2 aromatic heterocycles. The molecule has 2 saturated carbocycles. The highest BCUT2D eigenvalue weighted by Crippen LogP contribution is 2.54. The lowest BCUT2D eigenvalue weighted by Gasteiger charge is -2.25. The number of amides is 1. The van der Waals surface area contributed by atoms with Crippen LogP contribution in [0.1, 0.15) is 73.2 Å². The number of benzene rings is 1. The average Bonchev–Trinajstić information content (AvgIpc) is 3.45. The van der Waals surface area contributed by atoms with E-state index < -0.39 is 17.5 Å². The van der Waals surface area contributed by atoms with Crippen LogP contribution in [-0.4, -0.2) is 20.9 Å². The Morgan fingerprint density at radius 1 is 1.03 bits per heavy atom. The lowest BCUT2D eigenvalue weighted by atomic mass is 9.84. The first kappa shape index (κ1) is 21.6. The number of hydrogen-bond donors (Lipinski definition) is 1. The van der Waals surface area contributed by atoms with Crippen LogP contribution in [0.2, 0.25) is 0 Å². The Morgan fingerprint density at radius 3 is 2.48 bits per heavy atom. The van der Waals surface area contributed by atoms with Crippen molar-refractivity contribution in [1.29, 1.82) is 0 Å². The average molecular weight is 449 g/mol. The molecule has 0 aliphatic heterocycles. The molecule has 1 amide bonds. The second kappa shape index (κ2) is 8.61. The molecular formula is C26H26F2N4O. The summed E-state index contributed by atoms with van der Waals surface area (Å²) in [6, 6.07) is 4.98. The van der Waals surface area contributed by atoms with Crippen molar-refractivity contribution < 1.29 is 13.6 Å². The Balaban J connectivity index is 1.57. The van der Waals surface area contributed by atoms with Crippen molar-refractivity contribution in [2.24, 2.45) is 11.8 Å². The van der Waals surface area contributed by atoms with Crippen molar-refractivity contribution in [1.82, 2.24) is 15.0 Å². The van der Waals surface area contributed by atoms with Gasteiger partial charge in [0.2, 0.25) is 0 Å². The summed E-state index contributed by atoms with van der Waals surface area (Å²) in [5.41, 5.74) is 2.01. The molecule has 2 aliphatic carbocycles. The molecule has 3 aromatic rings. The molecule has 2 bridgehead atoms. The fraction of sp³-hybridized carbons (Fsp3) is 0.385. The monoisotopic (exact) mass is 448 g/mol. The van der Waals surface area contributed by atoms with Crippen LogP contribution in [-0.2, 0) is 0 Å². The first-order valence-corrected chi connectivity index (χ1v) is 11.5. The van der Waals surface area contributed by atoms with Crippen LogP contribution in [0.25, 0.3) is 11.1 Å². The minimum atomic E-state index is -0.554. The SMILES string of the molecule is CC(C)c1ncc(C(=O)Nc2c(-c3cc(F)ccc3F)ccnc2C2CC3CCC2C3)cn1. The summed E-state index contributed by atoms with van der Waals surface area (Å²) in [4.78, 5) is 26.4. The number of pyridine rings is 1. The number of aromatic nitrogens is 3. The second-order valence-electron chi connectivity index (χ2n) is 9.46. The van der Waals surface area contributed by atoms with Gasteiger partial charge < -0.3 is 5.32 Å². The first-order chi connectivity index (χ1) is 15.9. The Labute approximate surface area is 191 Å². The van der Waals surface area contributed by atoms with Gasteiger partial charge in [0.15, 0.2) is 0 Å². The van der Waals surface area contributed by atoms with Gasteiger partial charge in [-0.2, -0.15) is 0 Å². The van der Waals surface area contributed by atoms with E-state index >= 15 is 0 Å². The molecule has 5 rings (SSSR count). The quantitative estimate of drug-likeness (QED) is 0.512. The molecule has 3 atom stereocenters. The minimum absolute atomic E-state index is 0.100. The highest BCUT2D eigenvalue weighted by molar-refractivity contribution is 6.06. The number of anilines is 1. The van der Waals surface area contributed by atoms with Gasteiger partial charge in [-0.05, 0) is 55.4 Å². The largest absolute Gasteiger partial charge is 0.320 e. The van der Waals surface area contributed by atoms with Crippen LogP contribution in [0.3, 0.4) is 0 Å². The van der Waals surface area contributed by atoms with Crippen LogP contribution in [0.5, 0.6) is 0 Å². The molecule has 33 heavy (non-hydrogen) atoms. The molecule has 2 fully saturated rings. The van der Waals surface area contributed by atoms with Crippen LogP contribution in [0.15, 0.2) is 42.9 Å². The van der Waals surface area contributed by atoms with E-state index in [0.717, 1.165) is 43.2 Å². The zero-order chi connectivity index (χ0) is 23.1. The third-order valence-corrected chi connectivity index (χ3v) is 6.98. The number of halogens is 2. The van der Waals surface area contributed by atoms with Crippen molar-refractivity contribution in [3.63, 3.8) is 0 Å². The number of carbonyl (C=O) groups excluding carboxylic acids is 1. The van der Waals surface area contributed by atoms with Gasteiger partial charge in [-0.3, -0.25) is 9.78 Å². The topological polar surface area (TPSA) is 67.8 Å². The molecule has 2 heterocycles. The fourth-order valence-corrected chi connectivity index (χ4v) is 5.34. The van der Waals surface area contributed by atoms with Gasteiger partial charge in [-0.25, -0.2) is 18.7 Å². The van der Waals surface area contributed by atoms with E-state index in [0.29, 0.717) is 34.5 Å². The van der Waals surface area contributed by atoms with Crippen LogP contribution in [0.4, 0.5) is 14.5 Å². The van der Waals surface area contributed by atoms with E-state index in [9.17, 15) is 13.6 Å². The van der Waals surface area contributed by atoms with Gasteiger partial charge in [-0.1, -0.05) is 20.3 Å². The Bertz CT molecular complexity index is 1200. The van der Waals surface area contributed by atoms with Gasteiger partial charge in [0.1, 0.15) is 17.5 Å². The maximum atomic E-state index is 14.8. The number of fused-ring (bicyclic) bond motifs is 2. The van der Waals surface area contributed by atoms with Gasteiger partial charge in [0, 0.05) is 41.6 Å². The van der Waals surface area contributed by atoms with Crippen LogP contribution < -0.4 is 5.32 Å². The Kier molecular flexibility index (Phi) is 5.64. The maximum Gasteiger partial charge on any atom is 0.258 e. The summed E-state index contributed by atoms with van der Waals surface area (Å²) >= 11 is 0. The summed E-state index contributed by atoms with van der Waals surface area (Å²) in [5, 5.41) is 2.96. The van der Waals surface area contributed by atoms with Crippen molar-refractivity contribution >= 4 is 11.6 Å². The molecule has 3 unspecified atom stereocenters. The Morgan fingerprint density at radius 2 is 1.82 bits per heavy atom. The zero-order valence-electron chi connectivity index (χ0n) is 18.7. The molecule has 5 nitrogen and oxygen atoms in total. The summed E-state index contributed by atoms with van der Waals surface area (Å²) in [5.74, 6) is 0.652. The van der Waals surface area contributed by atoms with E-state index in [4.69, 9.17) is 0 Å². The zero-order valence-corrected chi connectivity index (χ0v) is 18.7. The van der Waals surface area contributed by atoms with E-state index in [-0.39, 0.29) is 17.4 Å². The number of nitrogens with zero attached hydrogens (tertiary/aromatic N) is 3. The number of hydrogen-bond acceptors (Lipinski definition) is 4. The summed E-state index contributed by atoms with van der Waals surface area (Å²) in [7, 11) is 0. The molecule has 7 heteroatoms. The predicted molar refractivity (Wildman–Crippen MR) is 122 cm³/mol. The normalized spacial score (nSPS) is 21.5. The molecule has 0 radical (unpaired) electrons. The second-order valence-corrected chi connectivity index (χ2v) is 9.46. The van der Waals surface area contributed by atoms with E-state index in [1.807, 2.05) is 13.8 Å². The van der Waals surface area contributed by atoms with E-state index in [2.05, 4.69) is 20.3 Å². The fourth-order valence-electron chi connectivity index (χ4n) is 5.34. The van der Waals surface area contributed by atoms with Crippen LogP contribution >= 0.6 is 0 Å². The van der Waals surface area contributed by atoms with Crippen molar-refractivity contribution in [2.75, 3.05) is 5.32 Å². The summed E-state index contributed by atoms with van der Waals surface area (Å²) in [6.07, 6.45) is 9.12. The number of nitrogens with one attached hydrogen (secondary N) is 1.